The van der Waals surface area contributed by atoms with E-state index < -0.39 is 0 Å². The van der Waals surface area contributed by atoms with Crippen molar-refractivity contribution >= 4 is 5.95 Å². The summed E-state index contributed by atoms with van der Waals surface area (Å²) in [4.78, 5) is 14.1. The molecule has 1 aromatic rings. The number of anilines is 1. The van der Waals surface area contributed by atoms with Crippen LogP contribution in [0, 0.1) is 11.8 Å². The number of aromatic nitrogens is 2. The van der Waals surface area contributed by atoms with Crippen molar-refractivity contribution in [3.8, 4) is 0 Å². The molecular formula is C17H30N4. The third-order valence-electron chi connectivity index (χ3n) is 4.56. The highest BCUT2D eigenvalue weighted by molar-refractivity contribution is 5.35. The van der Waals surface area contributed by atoms with E-state index in [9.17, 15) is 0 Å². The Kier molecular flexibility index (Phi) is 5.57. The third kappa shape index (κ3) is 3.73. The van der Waals surface area contributed by atoms with Crippen molar-refractivity contribution in [1.29, 1.82) is 0 Å². The van der Waals surface area contributed by atoms with Crippen LogP contribution in [0.15, 0.2) is 6.20 Å². The molecule has 0 aliphatic carbocycles. The molecule has 1 atom stereocenters. The lowest BCUT2D eigenvalue weighted by molar-refractivity contribution is 0.309. The molecule has 0 saturated carbocycles. The van der Waals surface area contributed by atoms with Crippen LogP contribution in [-0.4, -0.2) is 41.5 Å². The van der Waals surface area contributed by atoms with Crippen LogP contribution >= 0.6 is 0 Å². The summed E-state index contributed by atoms with van der Waals surface area (Å²) in [5, 5.41) is 0. The molecule has 0 aromatic carbocycles. The standard InChI is InChI=1S/C15H24N4.C2H6/c1-11(2)12-4-7-19(10-12)15-16-8-13-9-18(3)6-5-14(13)17-15;1-2/h8,11-12H,4-7,9-10H2,1-3H3;1-2H3. The van der Waals surface area contributed by atoms with Crippen molar-refractivity contribution in [1.82, 2.24) is 14.9 Å². The lowest BCUT2D eigenvalue weighted by atomic mass is 9.95. The Hall–Kier alpha value is -1.16. The minimum absolute atomic E-state index is 0.760. The lowest BCUT2D eigenvalue weighted by Crippen LogP contribution is -2.29. The number of hydrogen-bond acceptors (Lipinski definition) is 4. The molecule has 1 fully saturated rings. The molecule has 21 heavy (non-hydrogen) atoms. The van der Waals surface area contributed by atoms with Gasteiger partial charge in [-0.05, 0) is 25.3 Å². The Morgan fingerprint density at radius 3 is 2.67 bits per heavy atom. The van der Waals surface area contributed by atoms with Crippen LogP contribution < -0.4 is 4.90 Å². The van der Waals surface area contributed by atoms with Crippen LogP contribution in [0.4, 0.5) is 5.95 Å². The molecule has 0 radical (unpaired) electrons. The summed E-state index contributed by atoms with van der Waals surface area (Å²) in [6, 6.07) is 0. The van der Waals surface area contributed by atoms with Gasteiger partial charge in [0.2, 0.25) is 5.95 Å². The molecular weight excluding hydrogens is 260 g/mol. The smallest absolute Gasteiger partial charge is 0.225 e. The largest absolute Gasteiger partial charge is 0.341 e. The summed E-state index contributed by atoms with van der Waals surface area (Å²) in [5.74, 6) is 2.51. The maximum atomic E-state index is 4.81. The predicted molar refractivity (Wildman–Crippen MR) is 88.6 cm³/mol. The quantitative estimate of drug-likeness (QED) is 0.838. The van der Waals surface area contributed by atoms with Crippen LogP contribution in [0.2, 0.25) is 0 Å². The third-order valence-corrected chi connectivity index (χ3v) is 4.56. The van der Waals surface area contributed by atoms with Crippen molar-refractivity contribution < 1.29 is 0 Å². The highest BCUT2D eigenvalue weighted by Crippen LogP contribution is 2.27. The Morgan fingerprint density at radius 2 is 2.00 bits per heavy atom. The average molecular weight is 290 g/mol. The zero-order valence-electron chi connectivity index (χ0n) is 14.3. The van der Waals surface area contributed by atoms with Crippen molar-refractivity contribution in [2.75, 3.05) is 31.6 Å². The highest BCUT2D eigenvalue weighted by Gasteiger charge is 2.27. The molecule has 0 amide bonds. The van der Waals surface area contributed by atoms with Crippen LogP contribution in [0.1, 0.15) is 45.4 Å². The van der Waals surface area contributed by atoms with Gasteiger partial charge < -0.3 is 9.80 Å². The Labute approximate surface area is 129 Å². The minimum atomic E-state index is 0.760. The number of nitrogens with zero attached hydrogens (tertiary/aromatic N) is 4. The summed E-state index contributed by atoms with van der Waals surface area (Å²) in [5.41, 5.74) is 2.56. The Balaban J connectivity index is 0.000000774. The van der Waals surface area contributed by atoms with Crippen molar-refractivity contribution in [2.45, 2.75) is 47.1 Å². The molecule has 4 nitrogen and oxygen atoms in total. The van der Waals surface area contributed by atoms with Crippen LogP contribution in [0.25, 0.3) is 0 Å². The summed E-state index contributed by atoms with van der Waals surface area (Å²) in [6.07, 6.45) is 4.37. The van der Waals surface area contributed by atoms with E-state index in [-0.39, 0.29) is 0 Å². The molecule has 1 aromatic heterocycles. The van der Waals surface area contributed by atoms with Crippen LogP contribution in [0.3, 0.4) is 0 Å². The second-order valence-corrected chi connectivity index (χ2v) is 6.37. The normalized spacial score (nSPS) is 22.0. The summed E-state index contributed by atoms with van der Waals surface area (Å²) in [7, 11) is 2.16. The van der Waals surface area contributed by atoms with Gasteiger partial charge in [0.05, 0.1) is 5.69 Å². The summed E-state index contributed by atoms with van der Waals surface area (Å²) >= 11 is 0. The first-order valence-electron chi connectivity index (χ1n) is 8.42. The maximum absolute atomic E-state index is 4.81. The van der Waals surface area contributed by atoms with Gasteiger partial charge >= 0.3 is 0 Å². The molecule has 2 aliphatic heterocycles. The molecule has 3 rings (SSSR count). The fourth-order valence-electron chi connectivity index (χ4n) is 3.11. The van der Waals surface area contributed by atoms with E-state index in [0.717, 1.165) is 50.4 Å². The number of hydrogen-bond donors (Lipinski definition) is 0. The van der Waals surface area contributed by atoms with Crippen LogP contribution in [-0.2, 0) is 13.0 Å². The fraction of sp³-hybridized carbons (Fsp3) is 0.765. The van der Waals surface area contributed by atoms with E-state index in [2.05, 4.69) is 35.7 Å². The zero-order chi connectivity index (χ0) is 15.4. The lowest BCUT2D eigenvalue weighted by Gasteiger charge is -2.25. The van der Waals surface area contributed by atoms with Crippen LogP contribution in [0.5, 0.6) is 0 Å². The van der Waals surface area contributed by atoms with Gasteiger partial charge in [0.15, 0.2) is 0 Å². The van der Waals surface area contributed by atoms with Crippen molar-refractivity contribution in [3.63, 3.8) is 0 Å². The van der Waals surface area contributed by atoms with Gasteiger partial charge in [0.25, 0.3) is 0 Å². The first kappa shape index (κ1) is 16.2. The van der Waals surface area contributed by atoms with Gasteiger partial charge in [-0.1, -0.05) is 27.7 Å². The van der Waals surface area contributed by atoms with Gasteiger partial charge in [-0.3, -0.25) is 0 Å². The first-order valence-corrected chi connectivity index (χ1v) is 8.42. The Bertz CT molecular complexity index is 458. The van der Waals surface area contributed by atoms with E-state index >= 15 is 0 Å². The average Bonchev–Trinajstić information content (AvgIpc) is 2.99. The highest BCUT2D eigenvalue weighted by atomic mass is 15.3. The molecule has 4 heteroatoms. The van der Waals surface area contributed by atoms with Gasteiger partial charge in [-0.25, -0.2) is 9.97 Å². The second kappa shape index (κ2) is 7.21. The van der Waals surface area contributed by atoms with Crippen molar-refractivity contribution in [2.24, 2.45) is 11.8 Å². The second-order valence-electron chi connectivity index (χ2n) is 6.37. The van der Waals surface area contributed by atoms with Gasteiger partial charge in [-0.15, -0.1) is 0 Å². The predicted octanol–water partition coefficient (Wildman–Crippen LogP) is 2.97. The molecule has 1 saturated heterocycles. The molecule has 118 valence electrons. The fourth-order valence-corrected chi connectivity index (χ4v) is 3.11. The number of likely N-dealkylation sites (N-methyl/N-ethyl adjacent to an activating group) is 1. The van der Waals surface area contributed by atoms with Crippen molar-refractivity contribution in [3.05, 3.63) is 17.5 Å². The molecule has 0 spiro atoms. The maximum Gasteiger partial charge on any atom is 0.225 e. The molecule has 0 N–H and O–H groups in total. The minimum Gasteiger partial charge on any atom is -0.341 e. The first-order chi connectivity index (χ1) is 10.1. The number of fused-ring (bicyclic) bond motifs is 1. The Morgan fingerprint density at radius 1 is 1.24 bits per heavy atom. The van der Waals surface area contributed by atoms with Gasteiger partial charge in [-0.2, -0.15) is 0 Å². The van der Waals surface area contributed by atoms with Gasteiger partial charge in [0, 0.05) is 44.4 Å². The summed E-state index contributed by atoms with van der Waals surface area (Å²) in [6.45, 7) is 13.0. The van der Waals surface area contributed by atoms with E-state index in [0.29, 0.717) is 0 Å². The van der Waals surface area contributed by atoms with E-state index in [1.54, 1.807) is 0 Å². The monoisotopic (exact) mass is 290 g/mol. The molecule has 2 aliphatic rings. The summed E-state index contributed by atoms with van der Waals surface area (Å²) < 4.78 is 0. The topological polar surface area (TPSA) is 32.3 Å². The van der Waals surface area contributed by atoms with E-state index in [4.69, 9.17) is 4.98 Å². The number of rotatable bonds is 2. The zero-order valence-corrected chi connectivity index (χ0v) is 14.3. The molecule has 1 unspecified atom stereocenters. The van der Waals surface area contributed by atoms with E-state index in [1.165, 1.54) is 17.7 Å². The molecule has 0 bridgehead atoms. The SMILES string of the molecule is CC.CC(C)C1CCN(c2ncc3c(n2)CCN(C)C3)C1. The van der Waals surface area contributed by atoms with E-state index in [1.807, 2.05) is 20.0 Å². The molecule has 3 heterocycles. The van der Waals surface area contributed by atoms with Gasteiger partial charge in [0.1, 0.15) is 0 Å².